The number of para-hydroxylation sites is 1. The number of ether oxygens (including phenoxy) is 5. The highest BCUT2D eigenvalue weighted by molar-refractivity contribution is 7.13. The highest BCUT2D eigenvalue weighted by Gasteiger charge is 2.17. The summed E-state index contributed by atoms with van der Waals surface area (Å²) >= 11 is 1.58. The largest absolute Gasteiger partial charge is 0.493 e. The highest BCUT2D eigenvalue weighted by Crippen LogP contribution is 2.35. The number of hydrogen-bond acceptors (Lipinski definition) is 13. The maximum atomic E-state index is 11.1. The Morgan fingerprint density at radius 1 is 0.734 bits per heavy atom. The number of benzene rings is 4. The minimum Gasteiger partial charge on any atom is -0.493 e. The molecule has 2 aromatic heterocycles. The first-order chi connectivity index (χ1) is 31.6. The van der Waals surface area contributed by atoms with Crippen LogP contribution in [0, 0.1) is 18.3 Å². The molecule has 0 atom stereocenters. The Morgan fingerprint density at radius 2 is 1.45 bits per heavy atom. The molecule has 4 aromatic carbocycles. The van der Waals surface area contributed by atoms with Gasteiger partial charge < -0.3 is 44.1 Å². The fourth-order valence-corrected chi connectivity index (χ4v) is 8.35. The molecule has 2 N–H and O–H groups in total. The van der Waals surface area contributed by atoms with E-state index in [1.54, 1.807) is 17.5 Å². The molecule has 0 spiro atoms. The predicted molar refractivity (Wildman–Crippen MR) is 253 cm³/mol. The van der Waals surface area contributed by atoms with Gasteiger partial charge in [0, 0.05) is 62.7 Å². The second-order valence-corrected chi connectivity index (χ2v) is 16.4. The summed E-state index contributed by atoms with van der Waals surface area (Å²) in [6, 6.07) is 31.2. The van der Waals surface area contributed by atoms with Crippen LogP contribution in [0.2, 0.25) is 0 Å². The molecule has 13 nitrogen and oxygen atoms in total. The number of aromatic nitrogens is 2. The van der Waals surface area contributed by atoms with Gasteiger partial charge in [0.2, 0.25) is 6.41 Å². The molecule has 3 heterocycles. The molecule has 1 aliphatic rings. The molecule has 1 aliphatic heterocycles. The minimum atomic E-state index is 0.368. The first kappa shape index (κ1) is 45.9. The van der Waals surface area contributed by atoms with Crippen molar-refractivity contribution in [1.82, 2.24) is 19.8 Å². The number of rotatable bonds is 26. The van der Waals surface area contributed by atoms with E-state index in [2.05, 4.69) is 36.5 Å². The maximum absolute atomic E-state index is 11.1. The Bertz CT molecular complexity index is 2400. The number of nitriles is 1. The van der Waals surface area contributed by atoms with Crippen molar-refractivity contribution in [2.45, 2.75) is 39.0 Å². The van der Waals surface area contributed by atoms with Gasteiger partial charge in [-0.05, 0) is 99.0 Å². The van der Waals surface area contributed by atoms with Gasteiger partial charge in [-0.3, -0.25) is 9.78 Å². The summed E-state index contributed by atoms with van der Waals surface area (Å²) in [5.74, 6) is 2.88. The van der Waals surface area contributed by atoms with E-state index in [0.717, 1.165) is 109 Å². The quantitative estimate of drug-likeness (QED) is 0.0396. The monoisotopic (exact) mass is 883 g/mol. The average Bonchev–Trinajstić information content (AvgIpc) is 3.76. The van der Waals surface area contributed by atoms with Crippen molar-refractivity contribution in [2.24, 2.45) is 0 Å². The Balaban J connectivity index is 0.703. The zero-order valence-electron chi connectivity index (χ0n) is 36.5. The van der Waals surface area contributed by atoms with Crippen molar-refractivity contribution in [3.8, 4) is 39.5 Å². The predicted octanol–water partition coefficient (Wildman–Crippen LogP) is 9.70. The lowest BCUT2D eigenvalue weighted by Crippen LogP contribution is -2.46. The summed E-state index contributed by atoms with van der Waals surface area (Å²) < 4.78 is 29.5. The lowest BCUT2D eigenvalue weighted by molar-refractivity contribution is -0.105. The topological polar surface area (TPSA) is 143 Å². The summed E-state index contributed by atoms with van der Waals surface area (Å²) in [6.45, 7) is 11.8. The number of carbonyl (C=O) groups is 1. The normalized spacial score (nSPS) is 13.1. The third kappa shape index (κ3) is 13.7. The molecule has 0 aliphatic carbocycles. The van der Waals surface area contributed by atoms with Crippen LogP contribution in [-0.4, -0.2) is 105 Å². The van der Waals surface area contributed by atoms with Gasteiger partial charge >= 0.3 is 0 Å². The number of unbranched alkanes of at least 4 members (excludes halogenated alkanes) is 3. The van der Waals surface area contributed by atoms with Crippen LogP contribution in [0.5, 0.6) is 23.0 Å². The van der Waals surface area contributed by atoms with Crippen LogP contribution < -0.4 is 24.8 Å². The molecule has 0 saturated carbocycles. The highest BCUT2D eigenvalue weighted by atomic mass is 32.1. The number of thiazole rings is 1. The number of carbonyl (C=O) groups excluding carboxylic acids is 1. The molecule has 64 heavy (non-hydrogen) atoms. The molecule has 0 radical (unpaired) electrons. The van der Waals surface area contributed by atoms with Gasteiger partial charge in [0.25, 0.3) is 0 Å². The van der Waals surface area contributed by atoms with Crippen LogP contribution in [-0.2, 0) is 14.3 Å². The van der Waals surface area contributed by atoms with Gasteiger partial charge in [-0.2, -0.15) is 5.26 Å². The molecule has 0 bridgehead atoms. The lowest BCUT2D eigenvalue weighted by atomic mass is 10.1. The van der Waals surface area contributed by atoms with Gasteiger partial charge in [-0.15, -0.1) is 11.3 Å². The van der Waals surface area contributed by atoms with Crippen LogP contribution in [0.4, 0.5) is 17.1 Å². The van der Waals surface area contributed by atoms with Gasteiger partial charge in [0.15, 0.2) is 0 Å². The van der Waals surface area contributed by atoms with Crippen molar-refractivity contribution in [2.75, 3.05) is 89.5 Å². The Kier molecular flexibility index (Phi) is 17.7. The van der Waals surface area contributed by atoms with E-state index >= 15 is 0 Å². The zero-order chi connectivity index (χ0) is 44.2. The molecule has 1 fully saturated rings. The molecule has 0 unspecified atom stereocenters. The minimum absolute atomic E-state index is 0.368. The molecular formula is C50H57N7O6S. The first-order valence-electron chi connectivity index (χ1n) is 22.1. The van der Waals surface area contributed by atoms with Crippen LogP contribution >= 0.6 is 11.3 Å². The molecule has 7 rings (SSSR count). The number of piperazine rings is 1. The van der Waals surface area contributed by atoms with E-state index in [-0.39, 0.29) is 0 Å². The molecule has 6 aromatic rings. The number of pyridine rings is 1. The third-order valence-corrected chi connectivity index (χ3v) is 12.0. The number of anilines is 3. The van der Waals surface area contributed by atoms with Crippen LogP contribution in [0.3, 0.4) is 0 Å². The number of nitrogens with one attached hydrogen (secondary N) is 2. The molecule has 1 saturated heterocycles. The van der Waals surface area contributed by atoms with Crippen molar-refractivity contribution in [1.29, 1.82) is 5.26 Å². The number of fused-ring (bicyclic) bond motifs is 1. The van der Waals surface area contributed by atoms with E-state index in [1.165, 1.54) is 19.3 Å². The Labute approximate surface area is 379 Å². The van der Waals surface area contributed by atoms with Crippen LogP contribution in [0.15, 0.2) is 103 Å². The smallest absolute Gasteiger partial charge is 0.211 e. The second-order valence-electron chi connectivity index (χ2n) is 15.5. The summed E-state index contributed by atoms with van der Waals surface area (Å²) in [7, 11) is 0. The van der Waals surface area contributed by atoms with Crippen LogP contribution in [0.25, 0.3) is 21.3 Å². The average molecular weight is 884 g/mol. The van der Waals surface area contributed by atoms with E-state index in [4.69, 9.17) is 23.7 Å². The van der Waals surface area contributed by atoms with Crippen molar-refractivity contribution in [3.63, 3.8) is 0 Å². The van der Waals surface area contributed by atoms with E-state index in [1.807, 2.05) is 103 Å². The molecule has 1 amide bonds. The molecular weight excluding hydrogens is 827 g/mol. The lowest BCUT2D eigenvalue weighted by Gasteiger charge is -2.34. The van der Waals surface area contributed by atoms with Crippen molar-refractivity contribution in [3.05, 3.63) is 114 Å². The van der Waals surface area contributed by atoms with Gasteiger partial charge in [-0.25, -0.2) is 4.98 Å². The van der Waals surface area contributed by atoms with E-state index in [0.29, 0.717) is 62.1 Å². The van der Waals surface area contributed by atoms with Gasteiger partial charge in [-0.1, -0.05) is 37.1 Å². The van der Waals surface area contributed by atoms with Crippen LogP contribution in [0.1, 0.15) is 43.4 Å². The van der Waals surface area contributed by atoms with Crippen molar-refractivity contribution < 1.29 is 28.5 Å². The van der Waals surface area contributed by atoms with Crippen molar-refractivity contribution >= 4 is 45.7 Å². The Hall–Kier alpha value is -6.08. The SMILES string of the molecule is Cc1ncsc1-c1ccc(NC=O)c(OCCOCCOCCCCCCN2CCN(CCCOc3ccc4c(Nc5ccc(Oc6ccccc6)cc5)c(C#N)cnc4c3)CC2)c1. The summed E-state index contributed by atoms with van der Waals surface area (Å²) in [5, 5.41) is 16.8. The summed E-state index contributed by atoms with van der Waals surface area (Å²) in [5.41, 5.74) is 7.20. The van der Waals surface area contributed by atoms with E-state index < -0.39 is 0 Å². The maximum Gasteiger partial charge on any atom is 0.211 e. The molecule has 334 valence electrons. The van der Waals surface area contributed by atoms with Gasteiger partial charge in [0.05, 0.1) is 65.0 Å². The number of amides is 1. The first-order valence-corrected chi connectivity index (χ1v) is 23.0. The summed E-state index contributed by atoms with van der Waals surface area (Å²) in [4.78, 5) is 26.2. The number of nitrogens with zero attached hydrogens (tertiary/aromatic N) is 5. The zero-order valence-corrected chi connectivity index (χ0v) is 37.3. The fourth-order valence-electron chi connectivity index (χ4n) is 7.54. The summed E-state index contributed by atoms with van der Waals surface area (Å²) in [6.07, 6.45) is 7.84. The molecule has 14 heteroatoms. The number of aryl methyl sites for hydroxylation is 1. The number of hydrogen-bond donors (Lipinski definition) is 2. The standard InChI is InChI=1S/C50H57N7O6S/c1-38-50(64-37-54-38)39-12-19-46(53-36-58)48(32-39)62-31-30-60-29-28-59-26-8-3-2-7-20-56-22-24-57(25-23-56)21-9-27-61-44-17-18-45-47(33-44)52-35-40(34-51)49(45)55-41-13-15-43(16-14-41)63-42-10-5-4-6-11-42/h4-6,10-19,32-33,35-37H,2-3,7-9,20-31H2,1H3,(H,52,55)(H,53,58). The van der Waals surface area contributed by atoms with E-state index in [9.17, 15) is 10.1 Å². The fraction of sp³-hybridized carbons (Fsp3) is 0.360. The third-order valence-electron chi connectivity index (χ3n) is 11.0. The second kappa shape index (κ2) is 24.7. The van der Waals surface area contributed by atoms with Gasteiger partial charge in [0.1, 0.15) is 35.7 Å². The Morgan fingerprint density at radius 3 is 2.20 bits per heavy atom.